The molecule has 1 heterocycles. The fourth-order valence-corrected chi connectivity index (χ4v) is 0.485. The average molecular weight is 166 g/mol. The highest BCUT2D eigenvalue weighted by Crippen LogP contribution is 1.71. The molecular weight excluding hydrogens is 146 g/mol. The first kappa shape index (κ1) is 13.5. The summed E-state index contributed by atoms with van der Waals surface area (Å²) in [5, 5.41) is 0. The first-order valence-corrected chi connectivity index (χ1v) is 4.28. The van der Waals surface area contributed by atoms with Crippen LogP contribution in [0.4, 0.5) is 0 Å². The molecule has 1 aromatic rings. The minimum atomic E-state index is 1.75. The largest absolute Gasteiger partial charge is 0.208 e. The van der Waals surface area contributed by atoms with Gasteiger partial charge in [0.1, 0.15) is 7.05 Å². The van der Waals surface area contributed by atoms with E-state index in [1.54, 1.807) is 6.08 Å². The Balaban J connectivity index is 0. The second-order valence-electron chi connectivity index (χ2n) is 1.95. The highest BCUT2D eigenvalue weighted by atomic mass is 14.9. The number of hydrogen-bond donors (Lipinski definition) is 0. The van der Waals surface area contributed by atoms with Crippen LogP contribution in [0.25, 0.3) is 0 Å². The summed E-state index contributed by atoms with van der Waals surface area (Å²) >= 11 is 0. The van der Waals surface area contributed by atoms with E-state index in [0.717, 1.165) is 0 Å². The molecule has 12 heavy (non-hydrogen) atoms. The molecule has 0 aliphatic carbocycles. The molecule has 0 aromatic carbocycles. The van der Waals surface area contributed by atoms with Crippen molar-refractivity contribution in [2.45, 2.75) is 20.8 Å². The molecule has 0 unspecified atom stereocenters. The highest BCUT2D eigenvalue weighted by Gasteiger charge is 1.78. The molecule has 1 aromatic heterocycles. The van der Waals surface area contributed by atoms with Gasteiger partial charge in [-0.15, -0.1) is 6.58 Å². The molecule has 0 spiro atoms. The Morgan fingerprint density at radius 1 is 1.08 bits per heavy atom. The van der Waals surface area contributed by atoms with Crippen molar-refractivity contribution in [2.75, 3.05) is 0 Å². The van der Waals surface area contributed by atoms with Gasteiger partial charge < -0.3 is 0 Å². The van der Waals surface area contributed by atoms with Gasteiger partial charge in [-0.25, -0.2) is 4.57 Å². The van der Waals surface area contributed by atoms with E-state index in [0.29, 0.717) is 0 Å². The van der Waals surface area contributed by atoms with E-state index in [-0.39, 0.29) is 0 Å². The SMILES string of the molecule is C=CC.CC.C[n+]1ccccc1. The van der Waals surface area contributed by atoms with Gasteiger partial charge >= 0.3 is 0 Å². The summed E-state index contributed by atoms with van der Waals surface area (Å²) in [6.07, 6.45) is 5.75. The van der Waals surface area contributed by atoms with E-state index >= 15 is 0 Å². The lowest BCUT2D eigenvalue weighted by Gasteiger charge is -1.77. The van der Waals surface area contributed by atoms with E-state index < -0.39 is 0 Å². The minimum Gasteiger partial charge on any atom is -0.208 e. The van der Waals surface area contributed by atoms with Crippen molar-refractivity contribution in [3.63, 3.8) is 0 Å². The maximum absolute atomic E-state index is 3.36. The predicted molar refractivity (Wildman–Crippen MR) is 54.8 cm³/mol. The number of pyridine rings is 1. The van der Waals surface area contributed by atoms with E-state index in [1.165, 1.54) is 0 Å². The molecule has 68 valence electrons. The molecule has 0 fully saturated rings. The van der Waals surface area contributed by atoms with Gasteiger partial charge in [0.05, 0.1) is 0 Å². The molecule has 1 rings (SSSR count). The smallest absolute Gasteiger partial charge is 0.168 e. The van der Waals surface area contributed by atoms with E-state index in [2.05, 4.69) is 6.58 Å². The van der Waals surface area contributed by atoms with Crippen molar-refractivity contribution in [1.82, 2.24) is 0 Å². The van der Waals surface area contributed by atoms with Crippen molar-refractivity contribution >= 4 is 0 Å². The summed E-state index contributed by atoms with van der Waals surface area (Å²) < 4.78 is 2.00. The fraction of sp³-hybridized carbons (Fsp3) is 0.364. The van der Waals surface area contributed by atoms with Crippen LogP contribution in [0.15, 0.2) is 43.2 Å². The second kappa shape index (κ2) is 12.6. The van der Waals surface area contributed by atoms with E-state index in [4.69, 9.17) is 0 Å². The quantitative estimate of drug-likeness (QED) is 0.412. The first-order chi connectivity index (χ1) is 5.81. The van der Waals surface area contributed by atoms with Gasteiger partial charge in [0, 0.05) is 12.1 Å². The summed E-state index contributed by atoms with van der Waals surface area (Å²) in [7, 11) is 2.00. The van der Waals surface area contributed by atoms with Crippen LogP contribution >= 0.6 is 0 Å². The van der Waals surface area contributed by atoms with E-state index in [1.807, 2.05) is 63.0 Å². The van der Waals surface area contributed by atoms with Crippen molar-refractivity contribution in [1.29, 1.82) is 0 Å². The van der Waals surface area contributed by atoms with Gasteiger partial charge in [-0.1, -0.05) is 26.0 Å². The van der Waals surface area contributed by atoms with E-state index in [9.17, 15) is 0 Å². The van der Waals surface area contributed by atoms with Crippen LogP contribution in [-0.2, 0) is 7.05 Å². The zero-order valence-electron chi connectivity index (χ0n) is 8.62. The zero-order valence-corrected chi connectivity index (χ0v) is 8.62. The summed E-state index contributed by atoms with van der Waals surface area (Å²) in [5.41, 5.74) is 0. The topological polar surface area (TPSA) is 3.88 Å². The van der Waals surface area contributed by atoms with Crippen molar-refractivity contribution in [3.8, 4) is 0 Å². The van der Waals surface area contributed by atoms with Gasteiger partial charge in [-0.3, -0.25) is 0 Å². The molecule has 0 N–H and O–H groups in total. The Hall–Kier alpha value is -1.11. The third kappa shape index (κ3) is 11.7. The van der Waals surface area contributed by atoms with Crippen LogP contribution in [0.2, 0.25) is 0 Å². The normalized spacial score (nSPS) is 6.67. The van der Waals surface area contributed by atoms with Crippen LogP contribution in [0.3, 0.4) is 0 Å². The zero-order chi connectivity index (χ0) is 9.82. The molecule has 0 radical (unpaired) electrons. The van der Waals surface area contributed by atoms with Gasteiger partial charge in [0.25, 0.3) is 0 Å². The van der Waals surface area contributed by atoms with Crippen LogP contribution in [0.5, 0.6) is 0 Å². The lowest BCUT2D eigenvalue weighted by molar-refractivity contribution is -0.671. The Kier molecular flexibility index (Phi) is 14.1. The third-order valence-corrected chi connectivity index (χ3v) is 0.865. The Morgan fingerprint density at radius 3 is 1.58 bits per heavy atom. The van der Waals surface area contributed by atoms with Gasteiger partial charge in [0.2, 0.25) is 0 Å². The lowest BCUT2D eigenvalue weighted by atomic mass is 10.5. The molecule has 0 bridgehead atoms. The summed E-state index contributed by atoms with van der Waals surface area (Å²) in [4.78, 5) is 0. The van der Waals surface area contributed by atoms with Crippen LogP contribution < -0.4 is 4.57 Å². The summed E-state index contributed by atoms with van der Waals surface area (Å²) in [5.74, 6) is 0. The Morgan fingerprint density at radius 2 is 1.42 bits per heavy atom. The number of aromatic nitrogens is 1. The molecular formula is C11H20N+. The number of nitrogens with zero attached hydrogens (tertiary/aromatic N) is 1. The third-order valence-electron chi connectivity index (χ3n) is 0.865. The molecule has 0 saturated heterocycles. The molecule has 0 amide bonds. The second-order valence-corrected chi connectivity index (χ2v) is 1.95. The standard InChI is InChI=1S/C6H8N.C3H6.C2H6/c1-7-5-3-2-4-6-7;1-3-2;1-2/h2-6H,1H3;3H,1H2,2H3;1-2H3/q+1;;. The minimum absolute atomic E-state index is 1.75. The summed E-state index contributed by atoms with van der Waals surface area (Å²) in [6, 6.07) is 6.00. The van der Waals surface area contributed by atoms with Crippen molar-refractivity contribution in [2.24, 2.45) is 7.05 Å². The van der Waals surface area contributed by atoms with Gasteiger partial charge in [0.15, 0.2) is 12.4 Å². The number of rotatable bonds is 0. The maximum atomic E-state index is 3.36. The van der Waals surface area contributed by atoms with Gasteiger partial charge in [-0.05, 0) is 6.92 Å². The monoisotopic (exact) mass is 166 g/mol. The summed E-state index contributed by atoms with van der Waals surface area (Å²) in [6.45, 7) is 9.25. The molecule has 0 saturated carbocycles. The van der Waals surface area contributed by atoms with Crippen LogP contribution in [-0.4, -0.2) is 0 Å². The Bertz CT molecular complexity index is 168. The fourth-order valence-electron chi connectivity index (χ4n) is 0.485. The van der Waals surface area contributed by atoms with Crippen molar-refractivity contribution in [3.05, 3.63) is 43.2 Å². The number of hydrogen-bond acceptors (Lipinski definition) is 0. The highest BCUT2D eigenvalue weighted by molar-refractivity contribution is 4.83. The lowest BCUT2D eigenvalue weighted by Crippen LogP contribution is -2.25. The first-order valence-electron chi connectivity index (χ1n) is 4.28. The molecule has 0 aliphatic heterocycles. The van der Waals surface area contributed by atoms with Gasteiger partial charge in [-0.2, -0.15) is 0 Å². The maximum Gasteiger partial charge on any atom is 0.168 e. The number of allylic oxidation sites excluding steroid dienone is 1. The Labute approximate surface area is 76.4 Å². The molecule has 0 atom stereocenters. The average Bonchev–Trinajstić information content (AvgIpc) is 2.11. The van der Waals surface area contributed by atoms with Crippen LogP contribution in [0.1, 0.15) is 20.8 Å². The van der Waals surface area contributed by atoms with Crippen molar-refractivity contribution < 1.29 is 4.57 Å². The molecule has 1 nitrogen and oxygen atoms in total. The molecule has 1 heteroatoms. The molecule has 0 aliphatic rings. The number of aryl methyl sites for hydroxylation is 1. The van der Waals surface area contributed by atoms with Crippen LogP contribution in [0, 0.1) is 0 Å². The predicted octanol–water partition coefficient (Wildman–Crippen LogP) is 2.73.